The standard InChI is InChI=1S/C16H14BrN2O.C9H12O3S/c17-16-15(20-11-12-6-2-1-3-7-12)14-9-5-4-8-13(14)10-19(16)18;1-6-4-7(2)9(8(3)5-6)13(10,11)12/h1-10H,11,18H2;4-5H,1-3H3,(H,10,11,12)/q+1;/p-1. The molecule has 0 aliphatic carbocycles. The Labute approximate surface area is 202 Å². The van der Waals surface area contributed by atoms with Gasteiger partial charge < -0.3 is 9.29 Å². The molecule has 0 saturated carbocycles. The third-order valence-electron chi connectivity index (χ3n) is 4.98. The average molecular weight is 529 g/mol. The molecule has 0 spiro atoms. The fourth-order valence-corrected chi connectivity index (χ4v) is 5.02. The minimum Gasteiger partial charge on any atom is -0.744 e. The number of aromatic nitrogens is 1. The van der Waals surface area contributed by atoms with Crippen LogP contribution in [0.4, 0.5) is 0 Å². The number of nitrogens with zero attached hydrogens (tertiary/aromatic N) is 1. The van der Waals surface area contributed by atoms with Crippen molar-refractivity contribution in [1.82, 2.24) is 0 Å². The number of fused-ring (bicyclic) bond motifs is 1. The zero-order valence-electron chi connectivity index (χ0n) is 18.6. The Morgan fingerprint density at radius 3 is 2.15 bits per heavy atom. The Hall–Kier alpha value is -2.94. The van der Waals surface area contributed by atoms with Crippen molar-refractivity contribution in [2.75, 3.05) is 5.84 Å². The van der Waals surface area contributed by atoms with Gasteiger partial charge in [-0.2, -0.15) is 0 Å². The summed E-state index contributed by atoms with van der Waals surface area (Å²) < 4.78 is 40.7. The van der Waals surface area contributed by atoms with E-state index in [0.29, 0.717) is 17.7 Å². The lowest BCUT2D eigenvalue weighted by Crippen LogP contribution is -2.45. The van der Waals surface area contributed by atoms with Gasteiger partial charge in [-0.05, 0) is 43.5 Å². The van der Waals surface area contributed by atoms with Crippen LogP contribution in [0.5, 0.6) is 5.75 Å². The predicted octanol–water partition coefficient (Wildman–Crippen LogP) is 4.70. The molecule has 3 aromatic carbocycles. The van der Waals surface area contributed by atoms with E-state index in [1.165, 1.54) is 4.68 Å². The summed E-state index contributed by atoms with van der Waals surface area (Å²) >= 11 is 3.49. The Morgan fingerprint density at radius 2 is 1.55 bits per heavy atom. The van der Waals surface area contributed by atoms with Gasteiger partial charge in [-0.15, -0.1) is 0 Å². The number of halogens is 1. The second-order valence-electron chi connectivity index (χ2n) is 7.70. The van der Waals surface area contributed by atoms with E-state index in [0.717, 1.165) is 32.3 Å². The van der Waals surface area contributed by atoms with E-state index in [9.17, 15) is 13.0 Å². The molecule has 6 nitrogen and oxygen atoms in total. The zero-order valence-corrected chi connectivity index (χ0v) is 21.0. The van der Waals surface area contributed by atoms with E-state index in [-0.39, 0.29) is 4.90 Å². The molecule has 4 rings (SSSR count). The highest BCUT2D eigenvalue weighted by Gasteiger charge is 2.18. The summed E-state index contributed by atoms with van der Waals surface area (Å²) in [6.07, 6.45) is 1.87. The molecule has 0 unspecified atom stereocenters. The smallest absolute Gasteiger partial charge is 0.318 e. The van der Waals surface area contributed by atoms with Crippen molar-refractivity contribution < 1.29 is 22.4 Å². The zero-order chi connectivity index (χ0) is 24.2. The molecule has 0 amide bonds. The largest absolute Gasteiger partial charge is 0.744 e. The summed E-state index contributed by atoms with van der Waals surface area (Å²) in [5, 5.41) is 2.08. The van der Waals surface area contributed by atoms with Crippen molar-refractivity contribution in [2.24, 2.45) is 0 Å². The first-order valence-electron chi connectivity index (χ1n) is 10.2. The molecular formula is C25H25BrN2O4S. The summed E-state index contributed by atoms with van der Waals surface area (Å²) in [5.74, 6) is 6.70. The van der Waals surface area contributed by atoms with E-state index >= 15 is 0 Å². The van der Waals surface area contributed by atoms with E-state index in [4.69, 9.17) is 10.6 Å². The average Bonchev–Trinajstić information content (AvgIpc) is 2.73. The molecule has 33 heavy (non-hydrogen) atoms. The quantitative estimate of drug-likeness (QED) is 0.179. The van der Waals surface area contributed by atoms with Gasteiger partial charge in [0.15, 0.2) is 0 Å². The van der Waals surface area contributed by atoms with Gasteiger partial charge in [0.25, 0.3) is 0 Å². The van der Waals surface area contributed by atoms with Crippen molar-refractivity contribution in [3.8, 4) is 5.75 Å². The van der Waals surface area contributed by atoms with Gasteiger partial charge in [0, 0.05) is 21.3 Å². The summed E-state index contributed by atoms with van der Waals surface area (Å²) in [4.78, 5) is -0.0851. The Kier molecular flexibility index (Phi) is 7.73. The van der Waals surface area contributed by atoms with E-state index < -0.39 is 10.1 Å². The Morgan fingerprint density at radius 1 is 0.970 bits per heavy atom. The molecule has 8 heteroatoms. The van der Waals surface area contributed by atoms with Gasteiger partial charge in [-0.25, -0.2) is 14.3 Å². The van der Waals surface area contributed by atoms with Crippen LogP contribution in [-0.2, 0) is 16.7 Å². The number of nitrogens with two attached hydrogens (primary N) is 1. The lowest BCUT2D eigenvalue weighted by atomic mass is 10.1. The van der Waals surface area contributed by atoms with Crippen LogP contribution in [0, 0.1) is 20.8 Å². The maximum absolute atomic E-state index is 10.8. The molecule has 1 aromatic heterocycles. The minimum atomic E-state index is -4.33. The topological polar surface area (TPSA) is 96.3 Å². The molecule has 0 bridgehead atoms. The molecule has 0 atom stereocenters. The van der Waals surface area contributed by atoms with E-state index in [2.05, 4.69) is 15.9 Å². The van der Waals surface area contributed by atoms with Crippen LogP contribution in [-0.4, -0.2) is 13.0 Å². The molecule has 0 aliphatic heterocycles. The van der Waals surface area contributed by atoms with Gasteiger partial charge in [0.2, 0.25) is 11.9 Å². The fraction of sp³-hybridized carbons (Fsp3) is 0.160. The van der Waals surface area contributed by atoms with Crippen LogP contribution in [0.25, 0.3) is 10.8 Å². The summed E-state index contributed by atoms with van der Waals surface area (Å²) in [5.41, 5.74) is 3.12. The number of pyridine rings is 1. The Bertz CT molecular complexity index is 1370. The number of rotatable bonds is 4. The van der Waals surface area contributed by atoms with Crippen molar-refractivity contribution in [2.45, 2.75) is 32.3 Å². The number of ether oxygens (including phenoxy) is 1. The lowest BCUT2D eigenvalue weighted by molar-refractivity contribution is -0.649. The van der Waals surface area contributed by atoms with Crippen molar-refractivity contribution in [1.29, 1.82) is 0 Å². The molecule has 0 aliphatic rings. The predicted molar refractivity (Wildman–Crippen MR) is 131 cm³/mol. The van der Waals surface area contributed by atoms with Crippen molar-refractivity contribution in [3.05, 3.63) is 99.8 Å². The highest BCUT2D eigenvalue weighted by molar-refractivity contribution is 9.10. The first-order chi connectivity index (χ1) is 15.6. The molecule has 172 valence electrons. The molecule has 2 N–H and O–H groups in total. The van der Waals surface area contributed by atoms with E-state index in [1.54, 1.807) is 26.0 Å². The van der Waals surface area contributed by atoms with Crippen LogP contribution in [0.1, 0.15) is 22.3 Å². The van der Waals surface area contributed by atoms with Gasteiger partial charge in [-0.3, -0.25) is 0 Å². The second-order valence-corrected chi connectivity index (χ2v) is 9.77. The number of hydrogen-bond acceptors (Lipinski definition) is 5. The molecule has 0 fully saturated rings. The third-order valence-corrected chi connectivity index (χ3v) is 6.89. The first-order valence-corrected chi connectivity index (χ1v) is 12.4. The molecule has 4 aromatic rings. The SMILES string of the molecule is Cc1cc(C)c(S(=O)(=O)[O-])c(C)c1.N[n+]1cc2ccccc2c(OCc2ccccc2)c1Br. The highest BCUT2D eigenvalue weighted by Crippen LogP contribution is 2.31. The molecule has 0 radical (unpaired) electrons. The van der Waals surface area contributed by atoms with Crippen LogP contribution in [0.15, 0.2) is 82.4 Å². The molecule has 0 saturated heterocycles. The summed E-state index contributed by atoms with van der Waals surface area (Å²) in [6.45, 7) is 5.63. The van der Waals surface area contributed by atoms with Crippen LogP contribution in [0.3, 0.4) is 0 Å². The normalized spacial score (nSPS) is 11.1. The molecule has 1 heterocycles. The van der Waals surface area contributed by atoms with Crippen LogP contribution >= 0.6 is 15.9 Å². The first kappa shape index (κ1) is 24.7. The Balaban J connectivity index is 0.000000205. The minimum absolute atomic E-state index is 0.0851. The van der Waals surface area contributed by atoms with Crippen LogP contribution in [0.2, 0.25) is 0 Å². The maximum Gasteiger partial charge on any atom is 0.318 e. The maximum atomic E-state index is 10.8. The van der Waals surface area contributed by atoms with Gasteiger partial charge in [0.1, 0.15) is 16.7 Å². The van der Waals surface area contributed by atoms with Crippen molar-refractivity contribution in [3.63, 3.8) is 0 Å². The van der Waals surface area contributed by atoms with Gasteiger partial charge in [-0.1, -0.05) is 70.9 Å². The summed E-state index contributed by atoms with van der Waals surface area (Å²) in [7, 11) is -4.33. The summed E-state index contributed by atoms with van der Waals surface area (Å²) in [6, 6.07) is 21.5. The van der Waals surface area contributed by atoms with E-state index in [1.807, 2.05) is 67.7 Å². The van der Waals surface area contributed by atoms with Gasteiger partial charge in [0.05, 0.1) is 10.3 Å². The molecular weight excluding hydrogens is 504 g/mol. The van der Waals surface area contributed by atoms with Gasteiger partial charge >= 0.3 is 4.60 Å². The highest BCUT2D eigenvalue weighted by atomic mass is 79.9. The monoisotopic (exact) mass is 528 g/mol. The second kappa shape index (κ2) is 10.3. The number of aryl methyl sites for hydroxylation is 3. The lowest BCUT2D eigenvalue weighted by Gasteiger charge is -2.14. The number of benzene rings is 3. The van der Waals surface area contributed by atoms with Crippen LogP contribution < -0.4 is 15.3 Å². The number of nitrogen functional groups attached to an aromatic ring is 1. The van der Waals surface area contributed by atoms with Crippen molar-refractivity contribution >= 4 is 36.8 Å². The third kappa shape index (κ3) is 6.10. The fourth-order valence-electron chi connectivity index (χ4n) is 3.68. The number of hydrogen-bond donors (Lipinski definition) is 1.